The van der Waals surface area contributed by atoms with Gasteiger partial charge in [0.05, 0.1) is 12.1 Å². The molecule has 2 aromatic carbocycles. The van der Waals surface area contributed by atoms with E-state index < -0.39 is 0 Å². The maximum absolute atomic E-state index is 9.26. The molecule has 0 aliphatic heterocycles. The van der Waals surface area contributed by atoms with Crippen molar-refractivity contribution in [3.8, 4) is 11.5 Å². The number of ether oxygens (including phenoxy) is 1. The Kier molecular flexibility index (Phi) is 3.82. The molecule has 0 saturated heterocycles. The van der Waals surface area contributed by atoms with Crippen molar-refractivity contribution < 1.29 is 9.84 Å². The Bertz CT molecular complexity index is 511. The van der Waals surface area contributed by atoms with E-state index in [-0.39, 0.29) is 5.75 Å². The first-order valence-electron chi connectivity index (χ1n) is 4.99. The average Bonchev–Trinajstić information content (AvgIpc) is 2.34. The Balaban J connectivity index is 2.19. The van der Waals surface area contributed by atoms with Gasteiger partial charge in [0, 0.05) is 9.79 Å². The van der Waals surface area contributed by atoms with E-state index in [1.165, 1.54) is 6.07 Å². The monoisotopic (exact) mass is 266 g/mol. The summed E-state index contributed by atoms with van der Waals surface area (Å²) in [6.45, 7) is 0. The molecule has 0 bridgehead atoms. The lowest BCUT2D eigenvalue weighted by Crippen LogP contribution is -1.81. The summed E-state index contributed by atoms with van der Waals surface area (Å²) in [4.78, 5) is 1.98. The van der Waals surface area contributed by atoms with Gasteiger partial charge in [-0.05, 0) is 42.5 Å². The predicted octanol–water partition coefficient (Wildman–Crippen LogP) is 4.21. The summed E-state index contributed by atoms with van der Waals surface area (Å²) in [6.07, 6.45) is 0. The second-order valence-corrected chi connectivity index (χ2v) is 4.91. The number of hydrogen-bond acceptors (Lipinski definition) is 3. The van der Waals surface area contributed by atoms with Crippen LogP contribution >= 0.6 is 23.4 Å². The highest BCUT2D eigenvalue weighted by atomic mass is 35.5. The first kappa shape index (κ1) is 12.1. The number of hydrogen-bond donors (Lipinski definition) is 1. The Morgan fingerprint density at radius 3 is 2.41 bits per heavy atom. The molecule has 88 valence electrons. The molecule has 0 amide bonds. The molecule has 0 spiro atoms. The van der Waals surface area contributed by atoms with Gasteiger partial charge < -0.3 is 9.84 Å². The van der Waals surface area contributed by atoms with E-state index in [0.717, 1.165) is 15.5 Å². The summed E-state index contributed by atoms with van der Waals surface area (Å²) in [5.41, 5.74) is 0. The van der Waals surface area contributed by atoms with E-state index in [9.17, 15) is 5.11 Å². The number of halogens is 1. The molecule has 0 saturated carbocycles. The highest BCUT2D eigenvalue weighted by molar-refractivity contribution is 7.99. The van der Waals surface area contributed by atoms with E-state index in [1.807, 2.05) is 24.3 Å². The molecular formula is C13H11ClO2S. The number of phenols is 1. The van der Waals surface area contributed by atoms with Crippen LogP contribution < -0.4 is 4.74 Å². The zero-order chi connectivity index (χ0) is 12.3. The topological polar surface area (TPSA) is 29.5 Å². The van der Waals surface area contributed by atoms with Gasteiger partial charge in [0.2, 0.25) is 0 Å². The fraction of sp³-hybridized carbons (Fsp3) is 0.0769. The van der Waals surface area contributed by atoms with Crippen LogP contribution in [-0.4, -0.2) is 12.2 Å². The summed E-state index contributed by atoms with van der Waals surface area (Å²) < 4.78 is 5.09. The molecular weight excluding hydrogens is 256 g/mol. The molecule has 0 aromatic heterocycles. The lowest BCUT2D eigenvalue weighted by atomic mass is 10.3. The smallest absolute Gasteiger partial charge is 0.118 e. The molecule has 0 fully saturated rings. The summed E-state index contributed by atoms with van der Waals surface area (Å²) in [5, 5.41) is 9.81. The van der Waals surface area contributed by atoms with Gasteiger partial charge in [-0.25, -0.2) is 0 Å². The molecule has 1 N–H and O–H groups in total. The lowest BCUT2D eigenvalue weighted by molar-refractivity contribution is 0.414. The molecule has 0 atom stereocenters. The highest BCUT2D eigenvalue weighted by Gasteiger charge is 2.04. The Hall–Kier alpha value is -1.32. The van der Waals surface area contributed by atoms with E-state index in [0.29, 0.717) is 5.02 Å². The number of rotatable bonds is 3. The zero-order valence-corrected chi connectivity index (χ0v) is 10.8. The van der Waals surface area contributed by atoms with Crippen LogP contribution in [0.15, 0.2) is 52.3 Å². The lowest BCUT2D eigenvalue weighted by Gasteiger charge is -2.05. The SMILES string of the molecule is COc1ccc(Sc2ccc(O)cc2Cl)cc1. The van der Waals surface area contributed by atoms with Crippen molar-refractivity contribution in [1.29, 1.82) is 0 Å². The average molecular weight is 267 g/mol. The zero-order valence-electron chi connectivity index (χ0n) is 9.18. The first-order valence-corrected chi connectivity index (χ1v) is 6.19. The number of benzene rings is 2. The van der Waals surface area contributed by atoms with Gasteiger partial charge >= 0.3 is 0 Å². The van der Waals surface area contributed by atoms with Crippen molar-refractivity contribution in [2.24, 2.45) is 0 Å². The van der Waals surface area contributed by atoms with Crippen LogP contribution in [-0.2, 0) is 0 Å². The third kappa shape index (κ3) is 3.08. The minimum Gasteiger partial charge on any atom is -0.508 e. The summed E-state index contributed by atoms with van der Waals surface area (Å²) >= 11 is 7.58. The minimum atomic E-state index is 0.175. The molecule has 0 aliphatic carbocycles. The molecule has 0 aliphatic rings. The maximum atomic E-state index is 9.26. The molecule has 0 radical (unpaired) electrons. The van der Waals surface area contributed by atoms with Crippen molar-refractivity contribution in [2.45, 2.75) is 9.79 Å². The van der Waals surface area contributed by atoms with Crippen LogP contribution in [0.25, 0.3) is 0 Å². The molecule has 2 aromatic rings. The second-order valence-electron chi connectivity index (χ2n) is 3.39. The molecule has 0 unspecified atom stereocenters. The highest BCUT2D eigenvalue weighted by Crippen LogP contribution is 2.35. The number of methoxy groups -OCH3 is 1. The van der Waals surface area contributed by atoms with Crippen LogP contribution in [0, 0.1) is 0 Å². The molecule has 2 rings (SSSR count). The minimum absolute atomic E-state index is 0.175. The van der Waals surface area contributed by atoms with E-state index >= 15 is 0 Å². The van der Waals surface area contributed by atoms with Gasteiger partial charge in [-0.1, -0.05) is 23.4 Å². The third-order valence-electron chi connectivity index (χ3n) is 2.20. The van der Waals surface area contributed by atoms with Crippen molar-refractivity contribution in [2.75, 3.05) is 7.11 Å². The summed E-state index contributed by atoms with van der Waals surface area (Å²) in [5.74, 6) is 1.00. The van der Waals surface area contributed by atoms with Gasteiger partial charge in [0.1, 0.15) is 11.5 Å². The van der Waals surface area contributed by atoms with Crippen molar-refractivity contribution in [3.05, 3.63) is 47.5 Å². The fourth-order valence-corrected chi connectivity index (χ4v) is 2.45. The van der Waals surface area contributed by atoms with Gasteiger partial charge in [-0.2, -0.15) is 0 Å². The third-order valence-corrected chi connectivity index (χ3v) is 3.71. The first-order chi connectivity index (χ1) is 8.19. The van der Waals surface area contributed by atoms with Crippen LogP contribution in [0.2, 0.25) is 5.02 Å². The molecule has 4 heteroatoms. The van der Waals surface area contributed by atoms with Gasteiger partial charge in [0.25, 0.3) is 0 Å². The quantitative estimate of drug-likeness (QED) is 0.903. The Morgan fingerprint density at radius 2 is 1.82 bits per heavy atom. The van der Waals surface area contributed by atoms with Crippen molar-refractivity contribution in [3.63, 3.8) is 0 Å². The fourth-order valence-electron chi connectivity index (χ4n) is 1.34. The summed E-state index contributed by atoms with van der Waals surface area (Å²) in [7, 11) is 1.64. The molecule has 2 nitrogen and oxygen atoms in total. The second kappa shape index (κ2) is 5.34. The maximum Gasteiger partial charge on any atom is 0.118 e. The van der Waals surface area contributed by atoms with Crippen LogP contribution in [0.1, 0.15) is 0 Å². The normalized spacial score (nSPS) is 10.2. The van der Waals surface area contributed by atoms with E-state index in [1.54, 1.807) is 31.0 Å². The van der Waals surface area contributed by atoms with Crippen LogP contribution in [0.4, 0.5) is 0 Å². The van der Waals surface area contributed by atoms with Crippen molar-refractivity contribution >= 4 is 23.4 Å². The number of aromatic hydroxyl groups is 1. The van der Waals surface area contributed by atoms with Crippen molar-refractivity contribution in [1.82, 2.24) is 0 Å². The van der Waals surface area contributed by atoms with Gasteiger partial charge in [-0.3, -0.25) is 0 Å². The van der Waals surface area contributed by atoms with Gasteiger partial charge in [0.15, 0.2) is 0 Å². The standard InChI is InChI=1S/C13H11ClO2S/c1-16-10-3-5-11(6-4-10)17-13-7-2-9(15)8-12(13)14/h2-8,15H,1H3. The Labute approximate surface area is 109 Å². The predicted molar refractivity (Wildman–Crippen MR) is 70.2 cm³/mol. The van der Waals surface area contributed by atoms with Crippen LogP contribution in [0.5, 0.6) is 11.5 Å². The van der Waals surface area contributed by atoms with E-state index in [4.69, 9.17) is 16.3 Å². The van der Waals surface area contributed by atoms with Crippen LogP contribution in [0.3, 0.4) is 0 Å². The number of phenolic OH excluding ortho intramolecular Hbond substituents is 1. The van der Waals surface area contributed by atoms with E-state index in [2.05, 4.69) is 0 Å². The van der Waals surface area contributed by atoms with Gasteiger partial charge in [-0.15, -0.1) is 0 Å². The summed E-state index contributed by atoms with van der Waals surface area (Å²) in [6, 6.07) is 12.7. The largest absolute Gasteiger partial charge is 0.508 e. The molecule has 17 heavy (non-hydrogen) atoms. The Morgan fingerprint density at radius 1 is 1.12 bits per heavy atom. The molecule has 0 heterocycles.